The monoisotopic (exact) mass is 425 g/mol. The van der Waals surface area contributed by atoms with Crippen LogP contribution in [-0.2, 0) is 29.6 Å². The zero-order chi connectivity index (χ0) is 21.8. The van der Waals surface area contributed by atoms with E-state index in [4.69, 9.17) is 9.47 Å². The van der Waals surface area contributed by atoms with Crippen molar-refractivity contribution in [3.8, 4) is 5.75 Å². The molecule has 0 unspecified atom stereocenters. The Hall–Kier alpha value is -2.09. The van der Waals surface area contributed by atoms with E-state index in [-0.39, 0.29) is 29.6 Å². The Morgan fingerprint density at radius 3 is 2.31 bits per heavy atom. The van der Waals surface area contributed by atoms with Gasteiger partial charge in [-0.25, -0.2) is 13.2 Å². The van der Waals surface area contributed by atoms with Crippen molar-refractivity contribution in [3.63, 3.8) is 0 Å². The van der Waals surface area contributed by atoms with Gasteiger partial charge in [-0.05, 0) is 43.4 Å². The first-order valence-corrected chi connectivity index (χ1v) is 11.7. The summed E-state index contributed by atoms with van der Waals surface area (Å²) in [6.45, 7) is 9.65. The van der Waals surface area contributed by atoms with Crippen LogP contribution in [0.25, 0.3) is 0 Å². The highest BCUT2D eigenvalue weighted by molar-refractivity contribution is 7.91. The molecule has 1 fully saturated rings. The van der Waals surface area contributed by atoms with E-state index in [0.717, 1.165) is 5.56 Å². The number of nitrogens with zero attached hydrogens (tertiary/aromatic N) is 1. The lowest BCUT2D eigenvalue weighted by Gasteiger charge is -2.29. The molecular weight excluding hydrogens is 394 g/mol. The fourth-order valence-electron chi connectivity index (χ4n) is 3.32. The molecule has 0 aromatic heterocycles. The summed E-state index contributed by atoms with van der Waals surface area (Å²) in [5.41, 5.74) is 1.18. The molecule has 7 nitrogen and oxygen atoms in total. The number of ether oxygens (including phenoxy) is 2. The maximum absolute atomic E-state index is 12.6. The number of sulfone groups is 1. The molecule has 2 atom stereocenters. The number of hydrogen-bond acceptors (Lipinski definition) is 6. The predicted molar refractivity (Wildman–Crippen MR) is 111 cm³/mol. The average Bonchev–Trinajstić information content (AvgIpc) is 2.99. The molecule has 0 radical (unpaired) electrons. The predicted octanol–water partition coefficient (Wildman–Crippen LogP) is 2.33. The Morgan fingerprint density at radius 1 is 1.21 bits per heavy atom. The molecule has 1 heterocycles. The molecule has 162 valence electrons. The van der Waals surface area contributed by atoms with Crippen LogP contribution in [0, 0.1) is 0 Å². The molecule has 1 aromatic rings. The van der Waals surface area contributed by atoms with Crippen molar-refractivity contribution in [2.24, 2.45) is 0 Å². The van der Waals surface area contributed by atoms with Crippen LogP contribution >= 0.6 is 0 Å². The Kier molecular flexibility index (Phi) is 7.32. The first-order valence-electron chi connectivity index (χ1n) is 9.86. The van der Waals surface area contributed by atoms with Gasteiger partial charge < -0.3 is 14.4 Å². The lowest BCUT2D eigenvalue weighted by Crippen LogP contribution is -2.46. The first-order chi connectivity index (χ1) is 13.4. The third kappa shape index (κ3) is 6.45. The second-order valence-electron chi connectivity index (χ2n) is 8.38. The van der Waals surface area contributed by atoms with E-state index in [0.29, 0.717) is 18.7 Å². The van der Waals surface area contributed by atoms with Crippen molar-refractivity contribution in [1.82, 2.24) is 4.90 Å². The van der Waals surface area contributed by atoms with E-state index in [1.165, 1.54) is 11.8 Å². The number of rotatable bonds is 7. The molecule has 1 saturated heterocycles. The van der Waals surface area contributed by atoms with Crippen molar-refractivity contribution >= 4 is 21.7 Å². The van der Waals surface area contributed by atoms with Gasteiger partial charge in [-0.3, -0.25) is 4.79 Å². The minimum absolute atomic E-state index is 0.0249. The quantitative estimate of drug-likeness (QED) is 0.623. The molecule has 0 N–H and O–H groups in total. The molecule has 0 bridgehead atoms. The maximum atomic E-state index is 12.6. The second-order valence-corrected chi connectivity index (χ2v) is 10.6. The van der Waals surface area contributed by atoms with Crippen molar-refractivity contribution in [2.45, 2.75) is 58.6 Å². The number of carbonyl (C=O) groups is 2. The van der Waals surface area contributed by atoms with E-state index in [1.54, 1.807) is 19.1 Å². The number of esters is 1. The molecule has 8 heteroatoms. The largest absolute Gasteiger partial charge is 0.482 e. The molecule has 0 aliphatic carbocycles. The SMILES string of the molecule is CCN(C(=O)[C@@H](C)OC(=O)COc1ccc(C(C)(C)C)cc1)[C@H]1CCS(=O)(=O)C1. The van der Waals surface area contributed by atoms with Crippen LogP contribution in [0.3, 0.4) is 0 Å². The number of carbonyl (C=O) groups excluding carboxylic acids is 2. The average molecular weight is 426 g/mol. The molecule has 1 aliphatic heterocycles. The third-order valence-corrected chi connectivity index (χ3v) is 6.76. The zero-order valence-corrected chi connectivity index (χ0v) is 18.6. The van der Waals surface area contributed by atoms with Crippen LogP contribution in [0.4, 0.5) is 0 Å². The summed E-state index contributed by atoms with van der Waals surface area (Å²) in [4.78, 5) is 26.2. The number of likely N-dealkylation sites (N-methyl/N-ethyl adjacent to an activating group) is 1. The normalized spacial score (nSPS) is 19.4. The highest BCUT2D eigenvalue weighted by atomic mass is 32.2. The number of amides is 1. The minimum atomic E-state index is -3.11. The summed E-state index contributed by atoms with van der Waals surface area (Å²) in [6.07, 6.45) is -0.589. The third-order valence-electron chi connectivity index (χ3n) is 5.01. The lowest BCUT2D eigenvalue weighted by molar-refractivity contribution is -0.161. The van der Waals surface area contributed by atoms with Gasteiger partial charge in [-0.2, -0.15) is 0 Å². The number of hydrogen-bond donors (Lipinski definition) is 0. The van der Waals surface area contributed by atoms with Crippen molar-refractivity contribution in [2.75, 3.05) is 24.7 Å². The van der Waals surface area contributed by atoms with E-state index < -0.39 is 27.8 Å². The topological polar surface area (TPSA) is 90.0 Å². The van der Waals surface area contributed by atoms with Gasteiger partial charge in [-0.1, -0.05) is 32.9 Å². The van der Waals surface area contributed by atoms with E-state index in [2.05, 4.69) is 20.8 Å². The summed E-state index contributed by atoms with van der Waals surface area (Å²) in [5.74, 6) is -0.461. The Bertz CT molecular complexity index is 826. The van der Waals surface area contributed by atoms with Crippen molar-refractivity contribution in [1.29, 1.82) is 0 Å². The van der Waals surface area contributed by atoms with Crippen LogP contribution in [0.5, 0.6) is 5.75 Å². The molecule has 29 heavy (non-hydrogen) atoms. The molecule has 0 saturated carbocycles. The molecule has 1 aliphatic rings. The van der Waals surface area contributed by atoms with Crippen LogP contribution in [-0.4, -0.2) is 62.0 Å². The fraction of sp³-hybridized carbons (Fsp3) is 0.619. The van der Waals surface area contributed by atoms with Crippen molar-refractivity contribution < 1.29 is 27.5 Å². The Labute approximate surface area is 173 Å². The van der Waals surface area contributed by atoms with Crippen LogP contribution in [0.15, 0.2) is 24.3 Å². The van der Waals surface area contributed by atoms with Gasteiger partial charge in [0.1, 0.15) is 5.75 Å². The van der Waals surface area contributed by atoms with Crippen LogP contribution < -0.4 is 4.74 Å². The summed E-state index contributed by atoms with van der Waals surface area (Å²) in [5, 5.41) is 0. The second kappa shape index (κ2) is 9.15. The van der Waals surface area contributed by atoms with Gasteiger partial charge in [0.15, 0.2) is 22.5 Å². The first kappa shape index (κ1) is 23.2. The molecule has 0 spiro atoms. The van der Waals surface area contributed by atoms with Crippen molar-refractivity contribution in [3.05, 3.63) is 29.8 Å². The van der Waals surface area contributed by atoms with Gasteiger partial charge in [0.25, 0.3) is 5.91 Å². The van der Waals surface area contributed by atoms with E-state index in [1.807, 2.05) is 12.1 Å². The van der Waals surface area contributed by atoms with Crippen LogP contribution in [0.1, 0.15) is 46.6 Å². The van der Waals surface area contributed by atoms with Gasteiger partial charge >= 0.3 is 5.97 Å². The Balaban J connectivity index is 1.87. The molecule has 1 amide bonds. The van der Waals surface area contributed by atoms with E-state index in [9.17, 15) is 18.0 Å². The fourth-order valence-corrected chi connectivity index (χ4v) is 5.05. The smallest absolute Gasteiger partial charge is 0.344 e. The highest BCUT2D eigenvalue weighted by Gasteiger charge is 2.36. The van der Waals surface area contributed by atoms with Gasteiger partial charge in [0, 0.05) is 12.6 Å². The highest BCUT2D eigenvalue weighted by Crippen LogP contribution is 2.24. The Morgan fingerprint density at radius 2 is 1.83 bits per heavy atom. The lowest BCUT2D eigenvalue weighted by atomic mass is 9.87. The number of benzene rings is 1. The molecule has 1 aromatic carbocycles. The van der Waals surface area contributed by atoms with Gasteiger partial charge in [0.05, 0.1) is 11.5 Å². The minimum Gasteiger partial charge on any atom is -0.482 e. The molecular formula is C21H31NO6S. The van der Waals surface area contributed by atoms with E-state index >= 15 is 0 Å². The summed E-state index contributed by atoms with van der Waals surface area (Å²) in [6, 6.07) is 7.11. The standard InChI is InChI=1S/C21H31NO6S/c1-6-22(17-11-12-29(25,26)14-17)20(24)15(2)28-19(23)13-27-18-9-7-16(8-10-18)21(3,4)5/h7-10,15,17H,6,11-14H2,1-5H3/t15-,17+/m1/s1. The molecule has 2 rings (SSSR count). The maximum Gasteiger partial charge on any atom is 0.344 e. The van der Waals surface area contributed by atoms with Crippen LogP contribution in [0.2, 0.25) is 0 Å². The summed E-state index contributed by atoms with van der Waals surface area (Å²) in [7, 11) is -3.11. The summed E-state index contributed by atoms with van der Waals surface area (Å²) < 4.78 is 34.0. The zero-order valence-electron chi connectivity index (χ0n) is 17.8. The van der Waals surface area contributed by atoms with Gasteiger partial charge in [0.2, 0.25) is 0 Å². The van der Waals surface area contributed by atoms with Gasteiger partial charge in [-0.15, -0.1) is 0 Å². The summed E-state index contributed by atoms with van der Waals surface area (Å²) >= 11 is 0.